The van der Waals surface area contributed by atoms with Crippen LogP contribution in [-0.2, 0) is 20.0 Å². The van der Waals surface area contributed by atoms with Crippen molar-refractivity contribution in [3.8, 4) is 0 Å². The molecule has 112 valence electrons. The van der Waals surface area contributed by atoms with Gasteiger partial charge >= 0.3 is 0 Å². The summed E-state index contributed by atoms with van der Waals surface area (Å²) in [6.07, 6.45) is 3.70. The molecule has 2 aromatic rings. The smallest absolute Gasteiger partial charge is 0.257 e. The fourth-order valence-electron chi connectivity index (χ4n) is 2.18. The summed E-state index contributed by atoms with van der Waals surface area (Å²) < 4.78 is 1.60. The number of hydrogen-bond donors (Lipinski definition) is 0. The predicted octanol–water partition coefficient (Wildman–Crippen LogP) is 2.01. The molecule has 0 aliphatic rings. The third-order valence-electron chi connectivity index (χ3n) is 3.37. The fourth-order valence-corrected chi connectivity index (χ4v) is 2.42. The Kier molecular flexibility index (Phi) is 4.57. The summed E-state index contributed by atoms with van der Waals surface area (Å²) in [5.74, 6) is -0.119. The molecule has 0 atom stereocenters. The van der Waals surface area contributed by atoms with Crippen molar-refractivity contribution in [2.75, 3.05) is 7.05 Å². The molecule has 0 unspecified atom stereocenters. The Morgan fingerprint density at radius 1 is 1.48 bits per heavy atom. The lowest BCUT2D eigenvalue weighted by atomic mass is 10.1. The summed E-state index contributed by atoms with van der Waals surface area (Å²) in [6.45, 7) is 4.24. The Hall–Kier alpha value is -1.95. The molecule has 0 N–H and O–H groups in total. The van der Waals surface area contributed by atoms with Crippen LogP contribution in [0.1, 0.15) is 34.2 Å². The van der Waals surface area contributed by atoms with Gasteiger partial charge < -0.3 is 4.90 Å². The van der Waals surface area contributed by atoms with Crippen LogP contribution in [0.4, 0.5) is 0 Å². The molecule has 1 amide bonds. The molecular weight excluding hydrogens is 290 g/mol. The van der Waals surface area contributed by atoms with E-state index >= 15 is 0 Å². The Morgan fingerprint density at radius 3 is 2.76 bits per heavy atom. The first kappa shape index (κ1) is 15.4. The molecule has 21 heavy (non-hydrogen) atoms. The van der Waals surface area contributed by atoms with Gasteiger partial charge in [0.15, 0.2) is 0 Å². The number of rotatable bonds is 4. The summed E-state index contributed by atoms with van der Waals surface area (Å²) in [7, 11) is 3.51. The second-order valence-electron chi connectivity index (χ2n) is 4.88. The third-order valence-corrected chi connectivity index (χ3v) is 3.84. The van der Waals surface area contributed by atoms with Crippen LogP contribution in [0.25, 0.3) is 0 Å². The first-order valence-electron chi connectivity index (χ1n) is 6.68. The fraction of sp³-hybridized carbons (Fsp3) is 0.429. The standard InChI is InChI=1S/C14H18ClN5O/c1-5-12-10(6-16-8-17-12)14(21)19(3)7-11-9(2)18-20(4)13(11)15/h6,8H,5,7H2,1-4H3. The number of carbonyl (C=O) groups is 1. The van der Waals surface area contributed by atoms with Crippen molar-refractivity contribution < 1.29 is 4.79 Å². The van der Waals surface area contributed by atoms with E-state index in [1.807, 2.05) is 13.8 Å². The minimum absolute atomic E-state index is 0.119. The molecule has 0 aliphatic heterocycles. The highest BCUT2D eigenvalue weighted by Crippen LogP contribution is 2.21. The van der Waals surface area contributed by atoms with E-state index in [9.17, 15) is 4.79 Å². The van der Waals surface area contributed by atoms with Gasteiger partial charge in [-0.2, -0.15) is 5.10 Å². The van der Waals surface area contributed by atoms with Crippen molar-refractivity contribution in [2.24, 2.45) is 7.05 Å². The molecule has 2 rings (SSSR count). The lowest BCUT2D eigenvalue weighted by molar-refractivity contribution is 0.0783. The van der Waals surface area contributed by atoms with Crippen molar-refractivity contribution in [3.63, 3.8) is 0 Å². The molecule has 0 saturated carbocycles. The largest absolute Gasteiger partial charge is 0.337 e. The van der Waals surface area contributed by atoms with E-state index < -0.39 is 0 Å². The molecule has 0 radical (unpaired) electrons. The van der Waals surface area contributed by atoms with Crippen LogP contribution in [0, 0.1) is 6.92 Å². The molecule has 0 saturated heterocycles. The number of aromatic nitrogens is 4. The summed E-state index contributed by atoms with van der Waals surface area (Å²) in [5, 5.41) is 4.80. The molecule has 0 aromatic carbocycles. The summed E-state index contributed by atoms with van der Waals surface area (Å²) in [4.78, 5) is 22.2. The van der Waals surface area contributed by atoms with E-state index in [2.05, 4.69) is 15.1 Å². The zero-order valence-corrected chi connectivity index (χ0v) is 13.3. The van der Waals surface area contributed by atoms with E-state index in [0.717, 1.165) is 17.0 Å². The quantitative estimate of drug-likeness (QED) is 0.866. The highest BCUT2D eigenvalue weighted by Gasteiger charge is 2.20. The molecule has 0 bridgehead atoms. The average Bonchev–Trinajstić information content (AvgIpc) is 2.72. The third kappa shape index (κ3) is 3.05. The van der Waals surface area contributed by atoms with E-state index in [-0.39, 0.29) is 5.91 Å². The number of nitrogens with zero attached hydrogens (tertiary/aromatic N) is 5. The highest BCUT2D eigenvalue weighted by atomic mass is 35.5. The Balaban J connectivity index is 2.24. The van der Waals surface area contributed by atoms with Crippen LogP contribution in [0.5, 0.6) is 0 Å². The second-order valence-corrected chi connectivity index (χ2v) is 5.23. The van der Waals surface area contributed by atoms with Crippen LogP contribution < -0.4 is 0 Å². The van der Waals surface area contributed by atoms with Gasteiger partial charge in [0.2, 0.25) is 0 Å². The average molecular weight is 308 g/mol. The number of amides is 1. The summed E-state index contributed by atoms with van der Waals surface area (Å²) in [5.41, 5.74) is 2.95. The van der Waals surface area contributed by atoms with Crippen molar-refractivity contribution in [1.29, 1.82) is 0 Å². The topological polar surface area (TPSA) is 63.9 Å². The van der Waals surface area contributed by atoms with Crippen molar-refractivity contribution in [2.45, 2.75) is 26.8 Å². The lowest BCUT2D eigenvalue weighted by Gasteiger charge is -2.18. The van der Waals surface area contributed by atoms with Gasteiger partial charge in [-0.05, 0) is 13.3 Å². The predicted molar refractivity (Wildman–Crippen MR) is 80.2 cm³/mol. The van der Waals surface area contributed by atoms with Gasteiger partial charge in [-0.1, -0.05) is 18.5 Å². The molecule has 0 aliphatic carbocycles. The maximum absolute atomic E-state index is 12.5. The van der Waals surface area contributed by atoms with Crippen LogP contribution in [0.2, 0.25) is 5.15 Å². The Bertz CT molecular complexity index is 667. The molecular formula is C14H18ClN5O. The van der Waals surface area contributed by atoms with Crippen molar-refractivity contribution in [3.05, 3.63) is 40.2 Å². The monoisotopic (exact) mass is 307 g/mol. The van der Waals surface area contributed by atoms with Crippen LogP contribution in [-0.4, -0.2) is 37.6 Å². The summed E-state index contributed by atoms with van der Waals surface area (Å²) in [6, 6.07) is 0. The Morgan fingerprint density at radius 2 is 2.19 bits per heavy atom. The molecule has 0 fully saturated rings. The van der Waals surface area contributed by atoms with Gasteiger partial charge in [0.25, 0.3) is 5.91 Å². The first-order chi connectivity index (χ1) is 9.95. The number of carbonyl (C=O) groups excluding carboxylic acids is 1. The maximum Gasteiger partial charge on any atom is 0.257 e. The van der Waals surface area contributed by atoms with E-state index in [1.54, 1.807) is 29.9 Å². The van der Waals surface area contributed by atoms with Gasteiger partial charge in [-0.15, -0.1) is 0 Å². The summed E-state index contributed by atoms with van der Waals surface area (Å²) >= 11 is 6.21. The van der Waals surface area contributed by atoms with Crippen LogP contribution in [0.3, 0.4) is 0 Å². The van der Waals surface area contributed by atoms with Crippen molar-refractivity contribution in [1.82, 2.24) is 24.6 Å². The molecule has 2 aromatic heterocycles. The number of aryl methyl sites for hydroxylation is 3. The van der Waals surface area contributed by atoms with Crippen LogP contribution >= 0.6 is 11.6 Å². The SMILES string of the molecule is CCc1ncncc1C(=O)N(C)Cc1c(C)nn(C)c1Cl. The van der Waals surface area contributed by atoms with Gasteiger partial charge in [0.05, 0.1) is 23.5 Å². The number of hydrogen-bond acceptors (Lipinski definition) is 4. The minimum Gasteiger partial charge on any atom is -0.337 e. The minimum atomic E-state index is -0.119. The van der Waals surface area contributed by atoms with Crippen molar-refractivity contribution >= 4 is 17.5 Å². The first-order valence-corrected chi connectivity index (χ1v) is 7.05. The zero-order valence-electron chi connectivity index (χ0n) is 12.6. The number of halogens is 1. The van der Waals surface area contributed by atoms with Gasteiger partial charge in [-0.25, -0.2) is 9.97 Å². The molecule has 0 spiro atoms. The molecule has 7 heteroatoms. The lowest BCUT2D eigenvalue weighted by Crippen LogP contribution is -2.28. The Labute approximate surface area is 128 Å². The van der Waals surface area contributed by atoms with Gasteiger partial charge in [0.1, 0.15) is 11.5 Å². The zero-order chi connectivity index (χ0) is 15.6. The molecule has 2 heterocycles. The van der Waals surface area contributed by atoms with Gasteiger partial charge in [-0.3, -0.25) is 9.48 Å². The second kappa shape index (κ2) is 6.22. The normalized spacial score (nSPS) is 10.7. The van der Waals surface area contributed by atoms with Gasteiger partial charge in [0, 0.05) is 25.9 Å². The molecule has 6 nitrogen and oxygen atoms in total. The van der Waals surface area contributed by atoms with E-state index in [4.69, 9.17) is 11.6 Å². The van der Waals surface area contributed by atoms with E-state index in [0.29, 0.717) is 23.7 Å². The highest BCUT2D eigenvalue weighted by molar-refractivity contribution is 6.30. The maximum atomic E-state index is 12.5. The van der Waals surface area contributed by atoms with Crippen LogP contribution in [0.15, 0.2) is 12.5 Å². The van der Waals surface area contributed by atoms with E-state index in [1.165, 1.54) is 6.33 Å².